The second-order valence-electron chi connectivity index (χ2n) is 4.94. The average Bonchev–Trinajstić information content (AvgIpc) is 2.75. The molecular weight excluding hydrogens is 262 g/mol. The number of likely N-dealkylation sites (N-methyl/N-ethyl adjacent to an activating group) is 1. The van der Waals surface area contributed by atoms with E-state index in [0.717, 1.165) is 29.2 Å². The van der Waals surface area contributed by atoms with Crippen LogP contribution in [0.15, 0.2) is 18.2 Å². The van der Waals surface area contributed by atoms with E-state index in [-0.39, 0.29) is 0 Å². The number of fused-ring (bicyclic) bond motifs is 1. The number of halogens is 1. The number of rotatable bonds is 5. The Morgan fingerprint density at radius 1 is 1.42 bits per heavy atom. The molecule has 0 radical (unpaired) electrons. The van der Waals surface area contributed by atoms with Crippen LogP contribution in [0.1, 0.15) is 12.7 Å². The first-order valence-corrected chi connectivity index (χ1v) is 6.85. The number of aromatic nitrogens is 2. The third kappa shape index (κ3) is 2.85. The van der Waals surface area contributed by atoms with Crippen LogP contribution in [0, 0.1) is 0 Å². The monoisotopic (exact) mass is 281 g/mol. The Morgan fingerprint density at radius 3 is 2.74 bits per heavy atom. The van der Waals surface area contributed by atoms with Crippen LogP contribution >= 0.6 is 11.6 Å². The molecule has 104 valence electrons. The summed E-state index contributed by atoms with van der Waals surface area (Å²) in [6.07, 6.45) is 0. The number of methoxy groups -OCH3 is 1. The van der Waals surface area contributed by atoms with Gasteiger partial charge in [-0.05, 0) is 33.2 Å². The lowest BCUT2D eigenvalue weighted by Crippen LogP contribution is -2.29. The maximum absolute atomic E-state index is 6.01. The Balaban J connectivity index is 2.45. The molecule has 1 aromatic carbocycles. The Morgan fingerprint density at radius 2 is 2.16 bits per heavy atom. The number of nitrogens with zero attached hydrogens (tertiary/aromatic N) is 3. The summed E-state index contributed by atoms with van der Waals surface area (Å²) in [6, 6.07) is 6.36. The minimum Gasteiger partial charge on any atom is -0.497 e. The van der Waals surface area contributed by atoms with Gasteiger partial charge in [0.05, 0.1) is 24.0 Å². The van der Waals surface area contributed by atoms with Crippen LogP contribution in [0.25, 0.3) is 11.0 Å². The van der Waals surface area contributed by atoms with Gasteiger partial charge in [0.25, 0.3) is 0 Å². The summed E-state index contributed by atoms with van der Waals surface area (Å²) in [4.78, 5) is 6.77. The molecule has 19 heavy (non-hydrogen) atoms. The first kappa shape index (κ1) is 14.2. The SMILES string of the molecule is COc1ccc2c(c1)nc(CCl)n2CC(C)N(C)C. The van der Waals surface area contributed by atoms with E-state index in [1.807, 2.05) is 18.2 Å². The summed E-state index contributed by atoms with van der Waals surface area (Å²) in [5.41, 5.74) is 2.03. The van der Waals surface area contributed by atoms with Crippen molar-refractivity contribution in [1.29, 1.82) is 0 Å². The van der Waals surface area contributed by atoms with Gasteiger partial charge in [-0.15, -0.1) is 11.6 Å². The summed E-state index contributed by atoms with van der Waals surface area (Å²) in [5, 5.41) is 0. The van der Waals surface area contributed by atoms with E-state index >= 15 is 0 Å². The lowest BCUT2D eigenvalue weighted by molar-refractivity contribution is 0.284. The highest BCUT2D eigenvalue weighted by molar-refractivity contribution is 6.16. The molecule has 1 heterocycles. The highest BCUT2D eigenvalue weighted by Crippen LogP contribution is 2.23. The summed E-state index contributed by atoms with van der Waals surface area (Å²) < 4.78 is 7.42. The van der Waals surface area contributed by atoms with Gasteiger partial charge in [0.1, 0.15) is 11.6 Å². The molecule has 2 rings (SSSR count). The predicted octanol–water partition coefficient (Wildman–Crippen LogP) is 2.73. The fourth-order valence-corrected chi connectivity index (χ4v) is 2.22. The number of hydrogen-bond acceptors (Lipinski definition) is 3. The van der Waals surface area contributed by atoms with Gasteiger partial charge >= 0.3 is 0 Å². The van der Waals surface area contributed by atoms with Crippen molar-refractivity contribution in [3.05, 3.63) is 24.0 Å². The number of alkyl halides is 1. The van der Waals surface area contributed by atoms with E-state index in [0.29, 0.717) is 11.9 Å². The van der Waals surface area contributed by atoms with Gasteiger partial charge in [0.15, 0.2) is 0 Å². The number of imidazole rings is 1. The molecule has 0 aliphatic heterocycles. The second-order valence-corrected chi connectivity index (χ2v) is 5.21. The van der Waals surface area contributed by atoms with Crippen LogP contribution in [0.2, 0.25) is 0 Å². The van der Waals surface area contributed by atoms with Gasteiger partial charge in [0, 0.05) is 18.7 Å². The third-order valence-corrected chi connectivity index (χ3v) is 3.72. The molecule has 0 N–H and O–H groups in total. The topological polar surface area (TPSA) is 30.3 Å². The third-order valence-electron chi connectivity index (χ3n) is 3.48. The molecule has 0 amide bonds. The molecule has 0 fully saturated rings. The van der Waals surface area contributed by atoms with E-state index in [9.17, 15) is 0 Å². The van der Waals surface area contributed by atoms with Gasteiger partial charge in [0.2, 0.25) is 0 Å². The lowest BCUT2D eigenvalue weighted by Gasteiger charge is -2.21. The molecule has 0 spiro atoms. The summed E-state index contributed by atoms with van der Waals surface area (Å²) in [5.74, 6) is 2.13. The highest BCUT2D eigenvalue weighted by Gasteiger charge is 2.14. The van der Waals surface area contributed by atoms with Gasteiger partial charge < -0.3 is 14.2 Å². The van der Waals surface area contributed by atoms with Crippen molar-refractivity contribution in [3.63, 3.8) is 0 Å². The zero-order valence-electron chi connectivity index (χ0n) is 11.9. The molecule has 0 saturated heterocycles. The first-order chi connectivity index (χ1) is 9.06. The zero-order chi connectivity index (χ0) is 14.0. The summed E-state index contributed by atoms with van der Waals surface area (Å²) in [7, 11) is 5.81. The fourth-order valence-electron chi connectivity index (χ4n) is 2.02. The molecule has 1 aromatic heterocycles. The van der Waals surface area contributed by atoms with Crippen molar-refractivity contribution < 1.29 is 4.74 Å². The Labute approximate surface area is 118 Å². The maximum atomic E-state index is 6.01. The highest BCUT2D eigenvalue weighted by atomic mass is 35.5. The van der Waals surface area contributed by atoms with E-state index in [1.54, 1.807) is 7.11 Å². The molecule has 1 atom stereocenters. The second kappa shape index (κ2) is 5.80. The minimum absolute atomic E-state index is 0.414. The van der Waals surface area contributed by atoms with Crippen molar-refractivity contribution in [1.82, 2.24) is 14.5 Å². The molecule has 1 unspecified atom stereocenters. The van der Waals surface area contributed by atoms with Gasteiger partial charge in [-0.1, -0.05) is 0 Å². The van der Waals surface area contributed by atoms with Crippen molar-refractivity contribution in [3.8, 4) is 5.75 Å². The quantitative estimate of drug-likeness (QED) is 0.790. The van der Waals surface area contributed by atoms with Crippen LogP contribution in [-0.4, -0.2) is 41.7 Å². The number of hydrogen-bond donors (Lipinski definition) is 0. The van der Waals surface area contributed by atoms with Crippen molar-refractivity contribution >= 4 is 22.6 Å². The molecule has 0 bridgehead atoms. The largest absolute Gasteiger partial charge is 0.497 e. The Kier molecular flexibility index (Phi) is 4.32. The van der Waals surface area contributed by atoms with E-state index < -0.39 is 0 Å². The van der Waals surface area contributed by atoms with Gasteiger partial charge in [-0.3, -0.25) is 0 Å². The average molecular weight is 282 g/mol. The first-order valence-electron chi connectivity index (χ1n) is 6.32. The van der Waals surface area contributed by atoms with Crippen molar-refractivity contribution in [2.75, 3.05) is 21.2 Å². The number of benzene rings is 1. The fraction of sp³-hybridized carbons (Fsp3) is 0.500. The summed E-state index contributed by atoms with van der Waals surface area (Å²) >= 11 is 6.01. The van der Waals surface area contributed by atoms with E-state index in [2.05, 4.69) is 35.5 Å². The smallest absolute Gasteiger partial charge is 0.124 e. The van der Waals surface area contributed by atoms with E-state index in [1.165, 1.54) is 0 Å². The molecule has 0 saturated carbocycles. The van der Waals surface area contributed by atoms with Crippen molar-refractivity contribution in [2.24, 2.45) is 0 Å². The standard InChI is InChI=1S/C14H20ClN3O/c1-10(17(2)3)9-18-13-6-5-11(19-4)7-12(13)16-14(18)8-15/h5-7,10H,8-9H2,1-4H3. The predicted molar refractivity (Wildman–Crippen MR) is 79.0 cm³/mol. The molecule has 5 heteroatoms. The minimum atomic E-state index is 0.414. The van der Waals surface area contributed by atoms with Crippen LogP contribution in [-0.2, 0) is 12.4 Å². The lowest BCUT2D eigenvalue weighted by atomic mass is 10.2. The molecular formula is C14H20ClN3O. The van der Waals surface area contributed by atoms with Crippen molar-refractivity contribution in [2.45, 2.75) is 25.4 Å². The maximum Gasteiger partial charge on any atom is 0.124 e. The zero-order valence-corrected chi connectivity index (χ0v) is 12.6. The molecule has 2 aromatic rings. The van der Waals surface area contributed by atoms with Gasteiger partial charge in [-0.2, -0.15) is 0 Å². The summed E-state index contributed by atoms with van der Waals surface area (Å²) in [6.45, 7) is 3.06. The van der Waals surface area contributed by atoms with Crippen LogP contribution in [0.4, 0.5) is 0 Å². The van der Waals surface area contributed by atoms with Gasteiger partial charge in [-0.25, -0.2) is 4.98 Å². The molecule has 0 aliphatic rings. The molecule has 4 nitrogen and oxygen atoms in total. The van der Waals surface area contributed by atoms with Crippen LogP contribution in [0.3, 0.4) is 0 Å². The van der Waals surface area contributed by atoms with E-state index in [4.69, 9.17) is 16.3 Å². The van der Waals surface area contributed by atoms with Crippen LogP contribution in [0.5, 0.6) is 5.75 Å². The normalized spacial score (nSPS) is 13.2. The van der Waals surface area contributed by atoms with Crippen LogP contribution < -0.4 is 4.74 Å². The molecule has 0 aliphatic carbocycles. The Bertz CT molecular complexity index is 565. The number of ether oxygens (including phenoxy) is 1. The Hall–Kier alpha value is -1.26.